The number of carbonyl (C=O) groups is 2. The summed E-state index contributed by atoms with van der Waals surface area (Å²) in [7, 11) is 1.57. The Bertz CT molecular complexity index is 809. The smallest absolute Gasteiger partial charge is 0.335 e. The predicted octanol–water partition coefficient (Wildman–Crippen LogP) is 4.57. The van der Waals surface area contributed by atoms with Crippen molar-refractivity contribution in [1.82, 2.24) is 0 Å². The Morgan fingerprint density at radius 2 is 1.92 bits per heavy atom. The molecule has 1 heterocycles. The van der Waals surface area contributed by atoms with Gasteiger partial charge in [-0.1, -0.05) is 11.6 Å². The van der Waals surface area contributed by atoms with Crippen LogP contribution in [0.15, 0.2) is 45.9 Å². The third-order valence-corrected chi connectivity index (χ3v) is 6.08. The maximum absolute atomic E-state index is 12.5. The monoisotopic (exact) mass is 360 g/mol. The molecule has 0 spiro atoms. The van der Waals surface area contributed by atoms with E-state index in [0.29, 0.717) is 16.7 Å². The third-order valence-electron chi connectivity index (χ3n) is 5.23. The first-order chi connectivity index (χ1) is 11.6. The lowest BCUT2D eigenvalue weighted by molar-refractivity contribution is -0.132. The molecule has 0 saturated heterocycles. The topological polar surface area (TPSA) is 63.6 Å². The Hall–Kier alpha value is -1.98. The molecule has 1 aliphatic rings. The molecule has 4 nitrogen and oxygen atoms in total. The summed E-state index contributed by atoms with van der Waals surface area (Å²) >= 11 is 1.54. The van der Waals surface area contributed by atoms with E-state index in [4.69, 9.17) is 4.74 Å². The minimum atomic E-state index is -0.951. The molecule has 134 valence electrons. The summed E-state index contributed by atoms with van der Waals surface area (Å²) < 4.78 is 5.65. The number of aryl methyl sites for hydroxylation is 1. The van der Waals surface area contributed by atoms with Crippen LogP contribution in [0, 0.1) is 12.3 Å². The molecule has 1 aromatic heterocycles. The van der Waals surface area contributed by atoms with Crippen LogP contribution in [-0.2, 0) is 9.53 Å². The van der Waals surface area contributed by atoms with Gasteiger partial charge in [-0.3, -0.25) is 4.79 Å². The zero-order chi connectivity index (χ0) is 18.9. The molecule has 1 aliphatic carbocycles. The highest BCUT2D eigenvalue weighted by atomic mass is 32.1. The Kier molecular flexibility index (Phi) is 5.49. The van der Waals surface area contributed by atoms with Crippen LogP contribution in [-0.4, -0.2) is 30.1 Å². The number of thiophene rings is 1. The molecule has 5 heteroatoms. The van der Waals surface area contributed by atoms with E-state index in [9.17, 15) is 14.7 Å². The van der Waals surface area contributed by atoms with E-state index in [-0.39, 0.29) is 5.78 Å². The molecule has 0 radical (unpaired) electrons. The fraction of sp³-hybridized carbons (Fsp3) is 0.400. The highest BCUT2D eigenvalue weighted by molar-refractivity contribution is 7.10. The largest absolute Gasteiger partial charge is 0.478 e. The van der Waals surface area contributed by atoms with E-state index < -0.39 is 17.5 Å². The Morgan fingerprint density at radius 1 is 1.28 bits per heavy atom. The van der Waals surface area contributed by atoms with Crippen molar-refractivity contribution < 1.29 is 19.4 Å². The maximum atomic E-state index is 12.5. The first-order valence-electron chi connectivity index (χ1n) is 8.08. The number of allylic oxidation sites excluding steroid dienone is 1. The van der Waals surface area contributed by atoms with Gasteiger partial charge in [-0.25, -0.2) is 4.79 Å². The summed E-state index contributed by atoms with van der Waals surface area (Å²) in [5, 5.41) is 11.4. The van der Waals surface area contributed by atoms with Crippen molar-refractivity contribution in [3.05, 3.63) is 56.3 Å². The fourth-order valence-corrected chi connectivity index (χ4v) is 4.31. The highest BCUT2D eigenvalue weighted by Crippen LogP contribution is 2.45. The molecule has 2 unspecified atom stereocenters. The summed E-state index contributed by atoms with van der Waals surface area (Å²) in [5.74, 6) is -1.00. The van der Waals surface area contributed by atoms with Crippen LogP contribution in [0.4, 0.5) is 0 Å². The van der Waals surface area contributed by atoms with Crippen molar-refractivity contribution in [2.24, 2.45) is 5.41 Å². The van der Waals surface area contributed by atoms with Gasteiger partial charge in [0.1, 0.15) is 0 Å². The number of aliphatic carboxylic acids is 1. The average molecular weight is 360 g/mol. The first-order valence-corrected chi connectivity index (χ1v) is 8.96. The van der Waals surface area contributed by atoms with E-state index in [1.165, 1.54) is 0 Å². The van der Waals surface area contributed by atoms with Crippen LogP contribution in [0.25, 0.3) is 0 Å². The van der Waals surface area contributed by atoms with Crippen LogP contribution in [0.3, 0.4) is 0 Å². The highest BCUT2D eigenvalue weighted by Gasteiger charge is 2.42. The molecule has 1 N–H and O–H groups in total. The summed E-state index contributed by atoms with van der Waals surface area (Å²) in [6.07, 6.45) is 2.99. The molecule has 2 rings (SSSR count). The van der Waals surface area contributed by atoms with Gasteiger partial charge in [0.15, 0.2) is 5.78 Å². The van der Waals surface area contributed by atoms with Crippen molar-refractivity contribution >= 4 is 23.1 Å². The van der Waals surface area contributed by atoms with Gasteiger partial charge in [-0.2, -0.15) is 0 Å². The van der Waals surface area contributed by atoms with Crippen LogP contribution >= 0.6 is 11.3 Å². The number of hydrogen-bond acceptors (Lipinski definition) is 4. The second-order valence-corrected chi connectivity index (χ2v) is 7.72. The molecule has 0 amide bonds. The molecular weight excluding hydrogens is 336 g/mol. The molecular formula is C20H24O4S. The van der Waals surface area contributed by atoms with E-state index in [1.54, 1.807) is 31.4 Å². The Balaban J connectivity index is 2.49. The molecule has 0 fully saturated rings. The molecule has 25 heavy (non-hydrogen) atoms. The SMILES string of the molecule is COC1C(C)=C(C(=O)O)C(C)=C(C)C1(C)C=CC(=O)c1ccsc1C. The lowest BCUT2D eigenvalue weighted by Crippen LogP contribution is -2.39. The van der Waals surface area contributed by atoms with Crippen LogP contribution in [0.2, 0.25) is 0 Å². The molecule has 2 atom stereocenters. The van der Waals surface area contributed by atoms with Gasteiger partial charge in [-0.05, 0) is 63.3 Å². The van der Waals surface area contributed by atoms with Gasteiger partial charge in [-0.15, -0.1) is 11.3 Å². The quantitative estimate of drug-likeness (QED) is 0.617. The van der Waals surface area contributed by atoms with Crippen molar-refractivity contribution in [3.8, 4) is 0 Å². The lowest BCUT2D eigenvalue weighted by atomic mass is 9.67. The van der Waals surface area contributed by atoms with Gasteiger partial charge in [0.05, 0.1) is 11.7 Å². The number of carbonyl (C=O) groups excluding carboxylic acids is 1. The van der Waals surface area contributed by atoms with E-state index in [0.717, 1.165) is 16.0 Å². The number of hydrogen-bond donors (Lipinski definition) is 1. The van der Waals surface area contributed by atoms with Crippen molar-refractivity contribution in [1.29, 1.82) is 0 Å². The molecule has 0 aliphatic heterocycles. The van der Waals surface area contributed by atoms with Gasteiger partial charge in [0, 0.05) is 23.0 Å². The first kappa shape index (κ1) is 19.3. The number of ketones is 1. The molecule has 0 bridgehead atoms. The van der Waals surface area contributed by atoms with Crippen molar-refractivity contribution in [2.75, 3.05) is 7.11 Å². The van der Waals surface area contributed by atoms with E-state index in [1.807, 2.05) is 45.2 Å². The normalized spacial score (nSPS) is 24.3. The number of carboxylic acid groups (broad SMARTS) is 1. The summed E-state index contributed by atoms with van der Waals surface area (Å²) in [4.78, 5) is 25.1. The number of ether oxygens (including phenoxy) is 1. The van der Waals surface area contributed by atoms with Crippen LogP contribution < -0.4 is 0 Å². The van der Waals surface area contributed by atoms with E-state index in [2.05, 4.69) is 0 Å². The number of methoxy groups -OCH3 is 1. The van der Waals surface area contributed by atoms with Gasteiger partial charge in [0.25, 0.3) is 0 Å². The van der Waals surface area contributed by atoms with Gasteiger partial charge in [0.2, 0.25) is 0 Å². The third kappa shape index (κ3) is 3.26. The predicted molar refractivity (Wildman–Crippen MR) is 100 cm³/mol. The fourth-order valence-electron chi connectivity index (χ4n) is 3.61. The minimum Gasteiger partial charge on any atom is -0.478 e. The minimum absolute atomic E-state index is 0.0501. The van der Waals surface area contributed by atoms with Crippen molar-refractivity contribution in [2.45, 2.75) is 40.7 Å². The zero-order valence-corrected chi connectivity index (χ0v) is 16.3. The van der Waals surface area contributed by atoms with Crippen molar-refractivity contribution in [3.63, 3.8) is 0 Å². The number of carboxylic acids is 1. The summed E-state index contributed by atoms with van der Waals surface area (Å²) in [5.41, 5.74) is 2.71. The summed E-state index contributed by atoms with van der Waals surface area (Å²) in [6, 6.07) is 1.82. The maximum Gasteiger partial charge on any atom is 0.335 e. The second-order valence-electron chi connectivity index (χ2n) is 6.60. The Labute approximate surface area is 152 Å². The Morgan fingerprint density at radius 3 is 2.40 bits per heavy atom. The van der Waals surface area contributed by atoms with Gasteiger partial charge < -0.3 is 9.84 Å². The molecule has 0 aromatic carbocycles. The van der Waals surface area contributed by atoms with Gasteiger partial charge >= 0.3 is 5.97 Å². The average Bonchev–Trinajstić information content (AvgIpc) is 2.97. The standard InChI is InChI=1S/C20H24O4S/c1-11-13(3)20(5,18(24-6)12(2)17(11)19(22)23)9-7-16(21)15-8-10-25-14(15)4/h7-10,18H,1-6H3,(H,22,23). The lowest BCUT2D eigenvalue weighted by Gasteiger charge is -2.41. The zero-order valence-electron chi connectivity index (χ0n) is 15.5. The van der Waals surface area contributed by atoms with E-state index >= 15 is 0 Å². The van der Waals surface area contributed by atoms with Crippen LogP contribution in [0.1, 0.15) is 42.9 Å². The molecule has 0 saturated carbocycles. The summed E-state index contributed by atoms with van der Waals surface area (Å²) in [6.45, 7) is 9.40. The molecule has 1 aromatic rings. The van der Waals surface area contributed by atoms with Crippen LogP contribution in [0.5, 0.6) is 0 Å². The second kappa shape index (κ2) is 7.10. The number of rotatable bonds is 5.